The second kappa shape index (κ2) is 9.53. The summed E-state index contributed by atoms with van der Waals surface area (Å²) in [5.74, 6) is 0.277. The Bertz CT molecular complexity index is 911. The Labute approximate surface area is 209 Å². The number of carboxylic acids is 1. The van der Waals surface area contributed by atoms with Gasteiger partial charge in [-0.1, -0.05) is 44.8 Å². The van der Waals surface area contributed by atoms with Crippen LogP contribution in [0.4, 0.5) is 0 Å². The van der Waals surface area contributed by atoms with Crippen LogP contribution in [-0.4, -0.2) is 46.1 Å². The zero-order chi connectivity index (χ0) is 25.6. The molecule has 0 aliphatic heterocycles. The van der Waals surface area contributed by atoms with E-state index in [9.17, 15) is 19.8 Å². The zero-order valence-corrected chi connectivity index (χ0v) is 22.1. The summed E-state index contributed by atoms with van der Waals surface area (Å²) in [4.78, 5) is 29.0. The molecular weight excluding hydrogens is 444 g/mol. The molecule has 7 nitrogen and oxygen atoms in total. The maximum absolute atomic E-state index is 12.2. The number of carboxylic acid groups (broad SMARTS) is 1. The van der Waals surface area contributed by atoms with Crippen LogP contribution in [0.15, 0.2) is 16.8 Å². The predicted molar refractivity (Wildman–Crippen MR) is 135 cm³/mol. The highest BCUT2D eigenvalue weighted by Gasteiger charge is 2.62. The minimum Gasteiger partial charge on any atom is -0.480 e. The Morgan fingerprint density at radius 1 is 1.14 bits per heavy atom. The molecule has 0 spiro atoms. The van der Waals surface area contributed by atoms with Gasteiger partial charge in [0.1, 0.15) is 6.04 Å². The van der Waals surface area contributed by atoms with Crippen LogP contribution in [-0.2, 0) is 14.4 Å². The molecule has 0 aromatic heterocycles. The normalized spacial score (nSPS) is 41.1. The molecule has 0 saturated heterocycles. The Morgan fingerprint density at radius 2 is 1.86 bits per heavy atom. The molecule has 4 aliphatic rings. The third-order valence-corrected chi connectivity index (χ3v) is 10.7. The minimum absolute atomic E-state index is 0.0377. The molecule has 196 valence electrons. The molecular formula is C28H44N2O5. The van der Waals surface area contributed by atoms with Gasteiger partial charge in [-0.05, 0) is 98.9 Å². The molecule has 35 heavy (non-hydrogen) atoms. The van der Waals surface area contributed by atoms with Gasteiger partial charge in [-0.2, -0.15) is 0 Å². The van der Waals surface area contributed by atoms with Gasteiger partial charge in [-0.25, -0.2) is 4.79 Å². The fraction of sp³-hybridized carbons (Fsp3) is 0.821. The lowest BCUT2D eigenvalue weighted by atomic mass is 9.46. The van der Waals surface area contributed by atoms with E-state index in [1.165, 1.54) is 18.4 Å². The van der Waals surface area contributed by atoms with E-state index in [1.54, 1.807) is 0 Å². The predicted octanol–water partition coefficient (Wildman–Crippen LogP) is 4.69. The SMILES string of the molecule is CC[C@@H](C)[C@H](NC(=O)CO/N=C1\C=C2CC[C@@H]3[C@H](CC[C@@]4(C)[C@H]3CC[C@]4(C)O)[C@@]2(C)CC1)C(=O)O. The van der Waals surface area contributed by atoms with Gasteiger partial charge >= 0.3 is 5.97 Å². The number of amides is 1. The molecule has 8 atom stereocenters. The first-order chi connectivity index (χ1) is 16.4. The van der Waals surface area contributed by atoms with E-state index >= 15 is 0 Å². The second-order valence-corrected chi connectivity index (χ2v) is 12.4. The number of aliphatic carboxylic acids is 1. The number of nitrogens with one attached hydrogen (secondary N) is 1. The highest BCUT2D eigenvalue weighted by Crippen LogP contribution is 2.67. The van der Waals surface area contributed by atoms with Gasteiger partial charge in [-0.3, -0.25) is 4.79 Å². The van der Waals surface area contributed by atoms with Gasteiger partial charge in [0.2, 0.25) is 0 Å². The smallest absolute Gasteiger partial charge is 0.326 e. The van der Waals surface area contributed by atoms with Crippen molar-refractivity contribution in [1.82, 2.24) is 5.32 Å². The van der Waals surface area contributed by atoms with E-state index < -0.39 is 23.5 Å². The Morgan fingerprint density at radius 3 is 2.54 bits per heavy atom. The summed E-state index contributed by atoms with van der Waals surface area (Å²) in [6, 6.07) is -0.919. The molecule has 0 radical (unpaired) electrons. The fourth-order valence-corrected chi connectivity index (χ4v) is 7.96. The van der Waals surface area contributed by atoms with Gasteiger partial charge in [0, 0.05) is 0 Å². The Kier molecular flexibility index (Phi) is 7.13. The van der Waals surface area contributed by atoms with Gasteiger partial charge < -0.3 is 20.4 Å². The first-order valence-corrected chi connectivity index (χ1v) is 13.6. The zero-order valence-electron chi connectivity index (χ0n) is 22.1. The van der Waals surface area contributed by atoms with Gasteiger partial charge in [0.05, 0.1) is 11.3 Å². The molecule has 0 heterocycles. The van der Waals surface area contributed by atoms with Gasteiger partial charge in [0.25, 0.3) is 5.91 Å². The lowest BCUT2D eigenvalue weighted by Gasteiger charge is -2.59. The van der Waals surface area contributed by atoms with E-state index in [0.29, 0.717) is 24.2 Å². The highest BCUT2D eigenvalue weighted by molar-refractivity contribution is 5.96. The van der Waals surface area contributed by atoms with Gasteiger partial charge in [-0.15, -0.1) is 0 Å². The topological polar surface area (TPSA) is 108 Å². The minimum atomic E-state index is -1.03. The molecule has 1 amide bonds. The number of allylic oxidation sites excluding steroid dienone is 2. The molecule has 3 N–H and O–H groups in total. The van der Waals surface area contributed by atoms with Crippen LogP contribution in [0.5, 0.6) is 0 Å². The molecule has 7 heteroatoms. The van der Waals surface area contributed by atoms with E-state index in [2.05, 4.69) is 37.3 Å². The number of hydrogen-bond donors (Lipinski definition) is 3. The molecule has 4 aliphatic carbocycles. The van der Waals surface area contributed by atoms with Crippen molar-refractivity contribution in [1.29, 1.82) is 0 Å². The van der Waals surface area contributed by atoms with Crippen molar-refractivity contribution in [2.24, 2.45) is 39.7 Å². The second-order valence-electron chi connectivity index (χ2n) is 12.4. The van der Waals surface area contributed by atoms with Crippen LogP contribution >= 0.6 is 0 Å². The highest BCUT2D eigenvalue weighted by atomic mass is 16.6. The number of rotatable bonds is 7. The maximum Gasteiger partial charge on any atom is 0.326 e. The number of fused-ring (bicyclic) bond motifs is 5. The summed E-state index contributed by atoms with van der Waals surface area (Å²) >= 11 is 0. The molecule has 3 fully saturated rings. The molecule has 0 bridgehead atoms. The monoisotopic (exact) mass is 488 g/mol. The standard InChI is InChI=1S/C28H44N2O5/c1-6-17(2)24(25(32)33)29-23(31)16-35-30-19-9-12-26(3)18(15-19)7-8-20-21(26)10-13-27(4)22(20)11-14-28(27,5)34/h15,17,20-22,24,34H,6-14,16H2,1-5H3,(H,29,31)(H,32,33)/b30-19-/t17-,20-,21+,22+,24+,26+,27+,28+/m1/s1. The summed E-state index contributed by atoms with van der Waals surface area (Å²) in [5, 5.41) is 27.3. The van der Waals surface area contributed by atoms with Crippen LogP contribution in [0.1, 0.15) is 92.4 Å². The Hall–Kier alpha value is -1.89. The largest absolute Gasteiger partial charge is 0.480 e. The van der Waals surface area contributed by atoms with E-state index in [-0.39, 0.29) is 23.4 Å². The number of aliphatic hydroxyl groups is 1. The Balaban J connectivity index is 1.39. The van der Waals surface area contributed by atoms with Crippen LogP contribution in [0, 0.1) is 34.5 Å². The number of oxime groups is 1. The van der Waals surface area contributed by atoms with Crippen molar-refractivity contribution in [3.8, 4) is 0 Å². The summed E-state index contributed by atoms with van der Waals surface area (Å²) in [7, 11) is 0. The molecule has 3 saturated carbocycles. The van der Waals surface area contributed by atoms with Crippen LogP contribution in [0.25, 0.3) is 0 Å². The third-order valence-electron chi connectivity index (χ3n) is 10.7. The first-order valence-electron chi connectivity index (χ1n) is 13.6. The average Bonchev–Trinajstić information content (AvgIpc) is 3.05. The molecule has 0 aromatic rings. The molecule has 0 unspecified atom stereocenters. The number of nitrogens with zero attached hydrogens (tertiary/aromatic N) is 1. The summed E-state index contributed by atoms with van der Waals surface area (Å²) < 4.78 is 0. The quantitative estimate of drug-likeness (QED) is 0.451. The van der Waals surface area contributed by atoms with Crippen molar-refractivity contribution in [2.75, 3.05) is 6.61 Å². The van der Waals surface area contributed by atoms with Crippen LogP contribution < -0.4 is 5.32 Å². The van der Waals surface area contributed by atoms with Crippen molar-refractivity contribution >= 4 is 17.6 Å². The first kappa shape index (κ1) is 26.2. The van der Waals surface area contributed by atoms with Crippen molar-refractivity contribution in [2.45, 2.75) is 104 Å². The average molecular weight is 489 g/mol. The summed E-state index contributed by atoms with van der Waals surface area (Å²) in [6.45, 7) is 10.2. The maximum atomic E-state index is 12.2. The number of hydrogen-bond acceptors (Lipinski definition) is 5. The van der Waals surface area contributed by atoms with Crippen LogP contribution in [0.3, 0.4) is 0 Å². The number of carbonyl (C=O) groups excluding carboxylic acids is 1. The van der Waals surface area contributed by atoms with E-state index in [1.807, 2.05) is 13.8 Å². The summed E-state index contributed by atoms with van der Waals surface area (Å²) in [5.41, 5.74) is 1.97. The van der Waals surface area contributed by atoms with Gasteiger partial charge in [0.15, 0.2) is 6.61 Å². The van der Waals surface area contributed by atoms with Crippen molar-refractivity contribution < 1.29 is 24.6 Å². The summed E-state index contributed by atoms with van der Waals surface area (Å²) in [6.07, 6.45) is 11.3. The third kappa shape index (κ3) is 4.54. The van der Waals surface area contributed by atoms with E-state index in [0.717, 1.165) is 44.2 Å². The van der Waals surface area contributed by atoms with E-state index in [4.69, 9.17) is 4.84 Å². The fourth-order valence-electron chi connectivity index (χ4n) is 7.96. The van der Waals surface area contributed by atoms with Crippen molar-refractivity contribution in [3.63, 3.8) is 0 Å². The lowest BCUT2D eigenvalue weighted by Crippen LogP contribution is -2.53. The number of carbonyl (C=O) groups is 2. The molecule has 0 aromatic carbocycles. The van der Waals surface area contributed by atoms with Crippen LogP contribution in [0.2, 0.25) is 0 Å². The lowest BCUT2D eigenvalue weighted by molar-refractivity contribution is -0.144. The van der Waals surface area contributed by atoms with Crippen molar-refractivity contribution in [3.05, 3.63) is 11.6 Å². The molecule has 4 rings (SSSR count).